The maximum Gasteiger partial charge on any atom is 0.362 e. The molecule has 4 aromatic rings. The minimum atomic E-state index is -2.60. The van der Waals surface area contributed by atoms with Crippen LogP contribution in [0.1, 0.15) is 65.2 Å². The molecule has 0 spiro atoms. The Morgan fingerprint density at radius 1 is 0.947 bits per heavy atom. The second-order valence-electron chi connectivity index (χ2n) is 9.89. The molecule has 3 atom stereocenters. The van der Waals surface area contributed by atoms with Gasteiger partial charge in [0.05, 0.1) is 5.92 Å². The lowest BCUT2D eigenvalue weighted by Crippen LogP contribution is -2.53. The maximum absolute atomic E-state index is 13.8. The second-order valence-corrected chi connectivity index (χ2v) is 9.89. The zero-order valence-corrected chi connectivity index (χ0v) is 21.2. The molecule has 1 amide bonds. The summed E-state index contributed by atoms with van der Waals surface area (Å²) in [6, 6.07) is 25.5. The highest BCUT2D eigenvalue weighted by atomic mass is 16.4. The summed E-state index contributed by atoms with van der Waals surface area (Å²) >= 11 is 0. The first kappa shape index (κ1) is 25.4. The average molecular weight is 510 g/mol. The number of hydrogen-bond acceptors (Lipinski definition) is 4. The lowest BCUT2D eigenvalue weighted by molar-refractivity contribution is -0.167. The van der Waals surface area contributed by atoms with E-state index in [0.29, 0.717) is 11.1 Å². The number of carboxylic acids is 1. The van der Waals surface area contributed by atoms with Crippen molar-refractivity contribution in [3.8, 4) is 0 Å². The fourth-order valence-electron chi connectivity index (χ4n) is 5.72. The first-order valence-corrected chi connectivity index (χ1v) is 12.8. The summed E-state index contributed by atoms with van der Waals surface area (Å²) in [5.41, 5.74) is -0.279. The van der Waals surface area contributed by atoms with Crippen LogP contribution in [0.5, 0.6) is 0 Å². The van der Waals surface area contributed by atoms with Crippen molar-refractivity contribution < 1.29 is 19.8 Å². The number of hydrogen-bond donors (Lipinski definition) is 3. The van der Waals surface area contributed by atoms with Crippen molar-refractivity contribution in [2.45, 2.75) is 49.8 Å². The molecule has 1 aliphatic rings. The third-order valence-corrected chi connectivity index (χ3v) is 7.59. The Kier molecular flexibility index (Phi) is 7.11. The molecule has 194 valence electrons. The standard InChI is InChI=1S/C31H31N3O4/c1-21-32-18-19-34(21)25-17-16-24(20-25)26-14-8-9-15-27(26)31(38,30(36)37)33-29(35)28(22-10-4-2-5-11-22)23-12-6-3-7-13-23/h2-15,18-19,24-25,28,38H,16-17,20H2,1H3,(H,33,35)(H,36,37)/t24-,25-,31-/m0/s1. The summed E-state index contributed by atoms with van der Waals surface area (Å²) in [6.07, 6.45) is 6.28. The number of imidazole rings is 1. The monoisotopic (exact) mass is 509 g/mol. The van der Waals surface area contributed by atoms with Gasteiger partial charge in [-0.25, -0.2) is 9.78 Å². The number of aliphatic hydroxyl groups is 1. The quantitative estimate of drug-likeness (QED) is 0.294. The minimum Gasteiger partial charge on any atom is -0.477 e. The highest BCUT2D eigenvalue weighted by Gasteiger charge is 2.44. The van der Waals surface area contributed by atoms with E-state index in [1.165, 1.54) is 0 Å². The van der Waals surface area contributed by atoms with E-state index >= 15 is 0 Å². The molecule has 38 heavy (non-hydrogen) atoms. The molecule has 3 N–H and O–H groups in total. The Morgan fingerprint density at radius 2 is 1.55 bits per heavy atom. The Hall–Kier alpha value is -4.23. The average Bonchev–Trinajstić information content (AvgIpc) is 3.59. The molecular formula is C31H31N3O4. The molecule has 7 nitrogen and oxygen atoms in total. The lowest BCUT2D eigenvalue weighted by Gasteiger charge is -2.31. The van der Waals surface area contributed by atoms with Crippen LogP contribution in [0, 0.1) is 6.92 Å². The molecular weight excluding hydrogens is 478 g/mol. The van der Waals surface area contributed by atoms with Gasteiger partial charge in [0.15, 0.2) is 0 Å². The van der Waals surface area contributed by atoms with Gasteiger partial charge < -0.3 is 20.1 Å². The molecule has 5 rings (SSSR count). The van der Waals surface area contributed by atoms with E-state index in [1.54, 1.807) is 18.3 Å². The minimum absolute atomic E-state index is 0.0276. The third-order valence-electron chi connectivity index (χ3n) is 7.59. The zero-order chi connectivity index (χ0) is 26.7. The fraction of sp³-hybridized carbons (Fsp3) is 0.258. The Labute approximate surface area is 221 Å². The van der Waals surface area contributed by atoms with Crippen LogP contribution in [-0.2, 0) is 15.3 Å². The summed E-state index contributed by atoms with van der Waals surface area (Å²) in [4.78, 5) is 30.7. The number of aliphatic carboxylic acids is 1. The molecule has 1 fully saturated rings. The van der Waals surface area contributed by atoms with E-state index < -0.39 is 23.5 Å². The maximum atomic E-state index is 13.8. The predicted molar refractivity (Wildman–Crippen MR) is 143 cm³/mol. The topological polar surface area (TPSA) is 104 Å². The summed E-state index contributed by atoms with van der Waals surface area (Å²) in [6.45, 7) is 1.97. The normalized spacial score (nSPS) is 18.7. The molecule has 0 radical (unpaired) electrons. The van der Waals surface area contributed by atoms with Gasteiger partial charge in [0.1, 0.15) is 5.82 Å². The van der Waals surface area contributed by atoms with Crippen molar-refractivity contribution in [2.24, 2.45) is 0 Å². The van der Waals surface area contributed by atoms with Crippen LogP contribution in [0.2, 0.25) is 0 Å². The predicted octanol–water partition coefficient (Wildman–Crippen LogP) is 4.88. The fourth-order valence-corrected chi connectivity index (χ4v) is 5.72. The van der Waals surface area contributed by atoms with Gasteiger partial charge in [-0.05, 0) is 48.8 Å². The highest BCUT2D eigenvalue weighted by Crippen LogP contribution is 2.44. The number of benzene rings is 3. The van der Waals surface area contributed by atoms with Crippen molar-refractivity contribution in [2.75, 3.05) is 0 Å². The van der Waals surface area contributed by atoms with Gasteiger partial charge in [-0.15, -0.1) is 0 Å². The number of nitrogens with one attached hydrogen (secondary N) is 1. The molecule has 1 saturated carbocycles. The molecule has 0 bridgehead atoms. The molecule has 0 saturated heterocycles. The summed E-state index contributed by atoms with van der Waals surface area (Å²) in [5, 5.41) is 24.5. The Bertz CT molecular complexity index is 1380. The number of aromatic nitrogens is 2. The first-order chi connectivity index (χ1) is 18.4. The van der Waals surface area contributed by atoms with Gasteiger partial charge in [-0.3, -0.25) is 4.79 Å². The largest absolute Gasteiger partial charge is 0.477 e. The molecule has 0 aliphatic heterocycles. The van der Waals surface area contributed by atoms with E-state index in [2.05, 4.69) is 14.9 Å². The number of amides is 1. The molecule has 1 heterocycles. The van der Waals surface area contributed by atoms with Crippen LogP contribution in [0.4, 0.5) is 0 Å². The lowest BCUT2D eigenvalue weighted by atomic mass is 9.86. The van der Waals surface area contributed by atoms with E-state index in [1.807, 2.05) is 85.9 Å². The molecule has 7 heteroatoms. The number of nitrogens with zero attached hydrogens (tertiary/aromatic N) is 2. The number of aryl methyl sites for hydroxylation is 1. The van der Waals surface area contributed by atoms with E-state index in [0.717, 1.165) is 30.7 Å². The van der Waals surface area contributed by atoms with E-state index in [-0.39, 0.29) is 17.5 Å². The number of carboxylic acid groups (broad SMARTS) is 1. The molecule has 1 aromatic heterocycles. The van der Waals surface area contributed by atoms with Crippen LogP contribution in [0.3, 0.4) is 0 Å². The van der Waals surface area contributed by atoms with E-state index in [9.17, 15) is 19.8 Å². The van der Waals surface area contributed by atoms with Gasteiger partial charge >= 0.3 is 5.97 Å². The first-order valence-electron chi connectivity index (χ1n) is 12.8. The number of rotatable bonds is 8. The SMILES string of the molecule is Cc1nccn1[C@H]1CC[C@H](c2ccccc2[C@@](O)(NC(=O)C(c2ccccc2)c2ccccc2)C(=O)O)C1. The molecule has 0 unspecified atom stereocenters. The summed E-state index contributed by atoms with van der Waals surface area (Å²) in [7, 11) is 0. The van der Waals surface area contributed by atoms with Crippen LogP contribution in [0.25, 0.3) is 0 Å². The van der Waals surface area contributed by atoms with Gasteiger partial charge in [0, 0.05) is 24.0 Å². The summed E-state index contributed by atoms with van der Waals surface area (Å²) < 4.78 is 2.15. The van der Waals surface area contributed by atoms with Gasteiger partial charge in [-0.1, -0.05) is 84.9 Å². The van der Waals surface area contributed by atoms with Crippen LogP contribution in [0.15, 0.2) is 97.3 Å². The summed E-state index contributed by atoms with van der Waals surface area (Å²) in [5.74, 6) is -1.96. The molecule has 1 aliphatic carbocycles. The Balaban J connectivity index is 1.48. The smallest absolute Gasteiger partial charge is 0.362 e. The van der Waals surface area contributed by atoms with Crippen molar-refractivity contribution in [1.29, 1.82) is 0 Å². The van der Waals surface area contributed by atoms with Crippen LogP contribution in [-0.4, -0.2) is 31.6 Å². The van der Waals surface area contributed by atoms with Gasteiger partial charge in [0.2, 0.25) is 5.91 Å². The van der Waals surface area contributed by atoms with Crippen LogP contribution >= 0.6 is 0 Å². The van der Waals surface area contributed by atoms with Gasteiger partial charge in [0.25, 0.3) is 5.72 Å². The third kappa shape index (κ3) is 4.85. The van der Waals surface area contributed by atoms with Gasteiger partial charge in [-0.2, -0.15) is 0 Å². The van der Waals surface area contributed by atoms with Crippen LogP contribution < -0.4 is 5.32 Å². The van der Waals surface area contributed by atoms with Crippen molar-refractivity contribution >= 4 is 11.9 Å². The van der Waals surface area contributed by atoms with Crippen molar-refractivity contribution in [3.63, 3.8) is 0 Å². The van der Waals surface area contributed by atoms with Crippen molar-refractivity contribution in [1.82, 2.24) is 14.9 Å². The highest BCUT2D eigenvalue weighted by molar-refractivity contribution is 5.92. The molecule has 3 aromatic carbocycles. The second kappa shape index (κ2) is 10.6. The van der Waals surface area contributed by atoms with Crippen molar-refractivity contribution in [3.05, 3.63) is 125 Å². The zero-order valence-electron chi connectivity index (χ0n) is 21.2. The number of carbonyl (C=O) groups excluding carboxylic acids is 1. The number of carbonyl (C=O) groups is 2. The Morgan fingerprint density at radius 3 is 2.13 bits per heavy atom. The van der Waals surface area contributed by atoms with E-state index in [4.69, 9.17) is 0 Å².